The van der Waals surface area contributed by atoms with Gasteiger partial charge in [0.25, 0.3) is 0 Å². The van der Waals surface area contributed by atoms with Gasteiger partial charge in [0.2, 0.25) is 5.91 Å². The lowest BCUT2D eigenvalue weighted by molar-refractivity contribution is -0.145. The summed E-state index contributed by atoms with van der Waals surface area (Å²) >= 11 is 0. The van der Waals surface area contributed by atoms with E-state index in [0.29, 0.717) is 0 Å². The van der Waals surface area contributed by atoms with Crippen LogP contribution >= 0.6 is 0 Å². The van der Waals surface area contributed by atoms with Gasteiger partial charge in [-0.15, -0.1) is 0 Å². The average molecular weight is 260 g/mol. The third-order valence-corrected chi connectivity index (χ3v) is 1.80. The first kappa shape index (κ1) is 15.9. The van der Waals surface area contributed by atoms with Crippen molar-refractivity contribution in [3.05, 3.63) is 12.2 Å². The Kier molecular flexibility index (Phi) is 7.95. The number of carbonyl (C=O) groups excluding carboxylic acids is 3. The van der Waals surface area contributed by atoms with Crippen molar-refractivity contribution in [1.29, 1.82) is 0 Å². The summed E-state index contributed by atoms with van der Waals surface area (Å²) in [7, 11) is 2.36. The second-order valence-electron chi connectivity index (χ2n) is 3.04. The summed E-state index contributed by atoms with van der Waals surface area (Å²) in [5.41, 5.74) is 0. The highest BCUT2D eigenvalue weighted by Crippen LogP contribution is 1.87. The standard InChI is InChI=1S/C10H16N2O6/c1-17-9(15)7(6-13)12-8(14)4-3-5-11-10(16)18-2/h3-4,7,13H,5-6H2,1-2H3,(H,11,16)(H,12,14)/b4-3-/t7-/m0/s1. The molecule has 8 nitrogen and oxygen atoms in total. The maximum absolute atomic E-state index is 11.3. The van der Waals surface area contributed by atoms with Crippen LogP contribution in [0.1, 0.15) is 0 Å². The molecule has 0 saturated carbocycles. The number of ether oxygens (including phenoxy) is 2. The van der Waals surface area contributed by atoms with E-state index in [-0.39, 0.29) is 6.54 Å². The third-order valence-electron chi connectivity index (χ3n) is 1.80. The first-order valence-electron chi connectivity index (χ1n) is 5.02. The molecule has 102 valence electrons. The summed E-state index contributed by atoms with van der Waals surface area (Å²) in [6, 6.07) is -1.11. The smallest absolute Gasteiger partial charge is 0.407 e. The van der Waals surface area contributed by atoms with Crippen LogP contribution in [0.15, 0.2) is 12.2 Å². The van der Waals surface area contributed by atoms with Gasteiger partial charge in [-0.05, 0) is 0 Å². The molecule has 0 heterocycles. The van der Waals surface area contributed by atoms with E-state index in [1.165, 1.54) is 13.2 Å². The molecule has 0 fully saturated rings. The summed E-state index contributed by atoms with van der Waals surface area (Å²) in [6.45, 7) is -0.464. The number of rotatable bonds is 6. The van der Waals surface area contributed by atoms with Crippen LogP contribution in [0.2, 0.25) is 0 Å². The Morgan fingerprint density at radius 2 is 1.94 bits per heavy atom. The summed E-state index contributed by atoms with van der Waals surface area (Å²) < 4.78 is 8.67. The lowest BCUT2D eigenvalue weighted by Crippen LogP contribution is -2.43. The van der Waals surface area contributed by atoms with E-state index in [2.05, 4.69) is 20.1 Å². The van der Waals surface area contributed by atoms with E-state index in [0.717, 1.165) is 13.2 Å². The van der Waals surface area contributed by atoms with Crippen LogP contribution in [0.4, 0.5) is 4.79 Å². The second kappa shape index (κ2) is 8.99. The highest BCUT2D eigenvalue weighted by atomic mass is 16.5. The number of nitrogens with one attached hydrogen (secondary N) is 2. The van der Waals surface area contributed by atoms with E-state index < -0.39 is 30.6 Å². The maximum atomic E-state index is 11.3. The molecule has 3 N–H and O–H groups in total. The fourth-order valence-corrected chi connectivity index (χ4v) is 0.922. The molecule has 0 aromatic heterocycles. The van der Waals surface area contributed by atoms with Gasteiger partial charge in [-0.1, -0.05) is 6.08 Å². The Morgan fingerprint density at radius 3 is 2.44 bits per heavy atom. The summed E-state index contributed by atoms with van der Waals surface area (Å²) in [5, 5.41) is 13.4. The maximum Gasteiger partial charge on any atom is 0.407 e. The highest BCUT2D eigenvalue weighted by molar-refractivity contribution is 5.91. The molecule has 0 radical (unpaired) electrons. The van der Waals surface area contributed by atoms with E-state index >= 15 is 0 Å². The Labute approximate surface area is 104 Å². The van der Waals surface area contributed by atoms with Crippen LogP contribution < -0.4 is 10.6 Å². The van der Waals surface area contributed by atoms with Crippen molar-refractivity contribution in [3.8, 4) is 0 Å². The van der Waals surface area contributed by atoms with Gasteiger partial charge < -0.3 is 25.2 Å². The van der Waals surface area contributed by atoms with Gasteiger partial charge in [-0.3, -0.25) is 4.79 Å². The number of methoxy groups -OCH3 is 2. The molecule has 8 heteroatoms. The monoisotopic (exact) mass is 260 g/mol. The number of aliphatic hydroxyl groups is 1. The molecule has 0 aromatic rings. The van der Waals surface area contributed by atoms with Gasteiger partial charge in [-0.25, -0.2) is 9.59 Å². The number of alkyl carbamates (subject to hydrolysis) is 1. The fraction of sp³-hybridized carbons (Fsp3) is 0.500. The zero-order valence-electron chi connectivity index (χ0n) is 10.1. The molecule has 0 aliphatic heterocycles. The predicted molar refractivity (Wildman–Crippen MR) is 60.6 cm³/mol. The van der Waals surface area contributed by atoms with Crippen LogP contribution in [-0.2, 0) is 19.1 Å². The van der Waals surface area contributed by atoms with E-state index in [1.807, 2.05) is 0 Å². The largest absolute Gasteiger partial charge is 0.467 e. The van der Waals surface area contributed by atoms with Crippen molar-refractivity contribution in [2.75, 3.05) is 27.4 Å². The third kappa shape index (κ3) is 6.48. The molecule has 1 atom stereocenters. The molecule has 0 bridgehead atoms. The molecule has 0 saturated heterocycles. The Hall–Kier alpha value is -2.09. The van der Waals surface area contributed by atoms with Gasteiger partial charge in [0.1, 0.15) is 0 Å². The average Bonchev–Trinajstić information content (AvgIpc) is 2.39. The first-order chi connectivity index (χ1) is 8.54. The minimum Gasteiger partial charge on any atom is -0.467 e. The number of hydrogen-bond donors (Lipinski definition) is 3. The molecule has 0 unspecified atom stereocenters. The Bertz CT molecular complexity index is 328. The topological polar surface area (TPSA) is 114 Å². The number of carbonyl (C=O) groups is 3. The summed E-state index contributed by atoms with van der Waals surface area (Å²) in [6.07, 6.45) is 1.85. The van der Waals surface area contributed by atoms with Crippen LogP contribution in [-0.4, -0.2) is 56.5 Å². The number of amides is 2. The quantitative estimate of drug-likeness (QED) is 0.397. The van der Waals surface area contributed by atoms with Crippen molar-refractivity contribution in [3.63, 3.8) is 0 Å². The molecule has 2 amide bonds. The number of hydrogen-bond acceptors (Lipinski definition) is 6. The summed E-state index contributed by atoms with van der Waals surface area (Å²) in [5.74, 6) is -1.34. The zero-order valence-corrected chi connectivity index (χ0v) is 10.1. The first-order valence-corrected chi connectivity index (χ1v) is 5.02. The van der Waals surface area contributed by atoms with E-state index in [4.69, 9.17) is 5.11 Å². The predicted octanol–water partition coefficient (Wildman–Crippen LogP) is -1.45. The SMILES string of the molecule is COC(=O)NC/C=C\C(=O)N[C@@H](CO)C(=O)OC. The van der Waals surface area contributed by atoms with Crippen LogP contribution in [0.3, 0.4) is 0 Å². The molecule has 0 spiro atoms. The van der Waals surface area contributed by atoms with Crippen molar-refractivity contribution >= 4 is 18.0 Å². The molecule has 0 rings (SSSR count). The van der Waals surface area contributed by atoms with Crippen molar-refractivity contribution in [2.45, 2.75) is 6.04 Å². The number of esters is 1. The second-order valence-corrected chi connectivity index (χ2v) is 3.04. The Balaban J connectivity index is 4.05. The zero-order chi connectivity index (χ0) is 14.0. The minimum absolute atomic E-state index is 0.0993. The van der Waals surface area contributed by atoms with Gasteiger partial charge in [0.05, 0.1) is 20.8 Å². The fourth-order valence-electron chi connectivity index (χ4n) is 0.922. The normalized spacial score (nSPS) is 11.7. The van der Waals surface area contributed by atoms with Crippen LogP contribution in [0, 0.1) is 0 Å². The van der Waals surface area contributed by atoms with Crippen molar-refractivity contribution in [1.82, 2.24) is 10.6 Å². The van der Waals surface area contributed by atoms with Gasteiger partial charge in [-0.2, -0.15) is 0 Å². The molecular formula is C10H16N2O6. The molecule has 0 aliphatic rings. The van der Waals surface area contributed by atoms with Crippen molar-refractivity contribution in [2.24, 2.45) is 0 Å². The molecule has 0 aliphatic carbocycles. The lowest BCUT2D eigenvalue weighted by Gasteiger charge is -2.11. The van der Waals surface area contributed by atoms with Crippen LogP contribution in [0.25, 0.3) is 0 Å². The van der Waals surface area contributed by atoms with Crippen molar-refractivity contribution < 1.29 is 29.0 Å². The van der Waals surface area contributed by atoms with E-state index in [1.54, 1.807) is 0 Å². The van der Waals surface area contributed by atoms with Gasteiger partial charge in [0.15, 0.2) is 6.04 Å². The lowest BCUT2D eigenvalue weighted by atomic mass is 10.3. The molecule has 0 aromatic carbocycles. The minimum atomic E-state index is -1.11. The number of aliphatic hydroxyl groups excluding tert-OH is 1. The Morgan fingerprint density at radius 1 is 1.28 bits per heavy atom. The highest BCUT2D eigenvalue weighted by Gasteiger charge is 2.18. The van der Waals surface area contributed by atoms with Gasteiger partial charge in [0, 0.05) is 12.6 Å². The molecule has 18 heavy (non-hydrogen) atoms. The summed E-state index contributed by atoms with van der Waals surface area (Å²) in [4.78, 5) is 33.0. The van der Waals surface area contributed by atoms with E-state index in [9.17, 15) is 14.4 Å². The van der Waals surface area contributed by atoms with Crippen LogP contribution in [0.5, 0.6) is 0 Å². The molecular weight excluding hydrogens is 244 g/mol. The van der Waals surface area contributed by atoms with Gasteiger partial charge >= 0.3 is 12.1 Å².